The van der Waals surface area contributed by atoms with Gasteiger partial charge < -0.3 is 9.64 Å². The number of anilines is 1. The lowest BCUT2D eigenvalue weighted by atomic mass is 10.1. The summed E-state index contributed by atoms with van der Waals surface area (Å²) in [5.74, 6) is -0.925. The highest BCUT2D eigenvalue weighted by molar-refractivity contribution is 7.89. The number of para-hydroxylation sites is 1. The molecule has 1 aliphatic heterocycles. The molecule has 4 rings (SSSR count). The average Bonchev–Trinajstić information content (AvgIpc) is 3.06. The molecule has 1 atom stereocenters. The minimum Gasteiger partial charge on any atom is -0.497 e. The first-order valence-electron chi connectivity index (χ1n) is 10.3. The van der Waals surface area contributed by atoms with E-state index in [-0.39, 0.29) is 18.0 Å². The van der Waals surface area contributed by atoms with E-state index in [4.69, 9.17) is 4.74 Å². The molecule has 1 aliphatic rings. The van der Waals surface area contributed by atoms with Crippen LogP contribution in [0.3, 0.4) is 0 Å². The number of nitrogens with zero attached hydrogens (tertiary/aromatic N) is 3. The zero-order valence-electron chi connectivity index (χ0n) is 18.2. The minimum absolute atomic E-state index is 0.0598. The number of benzene rings is 2. The van der Waals surface area contributed by atoms with Gasteiger partial charge in [-0.3, -0.25) is 19.8 Å². The van der Waals surface area contributed by atoms with Crippen LogP contribution in [0.5, 0.6) is 5.75 Å². The summed E-state index contributed by atoms with van der Waals surface area (Å²) in [6.07, 6.45) is 2.94. The predicted octanol–water partition coefficient (Wildman–Crippen LogP) is 1.82. The van der Waals surface area contributed by atoms with Gasteiger partial charge in [0, 0.05) is 30.2 Å². The number of aromatic nitrogens is 1. The van der Waals surface area contributed by atoms with Crippen LogP contribution in [0.15, 0.2) is 78.0 Å². The molecule has 0 saturated carbocycles. The van der Waals surface area contributed by atoms with Gasteiger partial charge >= 0.3 is 0 Å². The monoisotopic (exact) mass is 482 g/mol. The number of hydrogen-bond donors (Lipinski definition) is 2. The third kappa shape index (κ3) is 4.36. The van der Waals surface area contributed by atoms with Crippen molar-refractivity contribution in [3.05, 3.63) is 84.2 Å². The van der Waals surface area contributed by atoms with Crippen molar-refractivity contribution in [3.8, 4) is 5.75 Å². The molecule has 0 aliphatic carbocycles. The first-order valence-corrected chi connectivity index (χ1v) is 11.7. The molecule has 0 fully saturated rings. The van der Waals surface area contributed by atoms with Crippen LogP contribution in [0.1, 0.15) is 15.9 Å². The summed E-state index contributed by atoms with van der Waals surface area (Å²) in [7, 11) is -2.75. The maximum atomic E-state index is 13.6. The molecular formula is C23H22N4O6S. The highest BCUT2D eigenvalue weighted by atomic mass is 32.2. The third-order valence-electron chi connectivity index (χ3n) is 5.56. The Hall–Kier alpha value is -3.80. The fourth-order valence-corrected chi connectivity index (χ4v) is 5.37. The number of nitrogens with one attached hydrogen (secondary N) is 1. The normalized spacial score (nSPS) is 16.3. The molecule has 176 valence electrons. The summed E-state index contributed by atoms with van der Waals surface area (Å²) in [5.41, 5.74) is 2.85. The molecule has 2 amide bonds. The van der Waals surface area contributed by atoms with Crippen molar-refractivity contribution in [3.63, 3.8) is 0 Å². The number of carbonyl (C=O) groups excluding carboxylic acids is 2. The van der Waals surface area contributed by atoms with Crippen molar-refractivity contribution < 1.29 is 28.0 Å². The summed E-state index contributed by atoms with van der Waals surface area (Å²) in [6, 6.07) is 14.2. The van der Waals surface area contributed by atoms with Gasteiger partial charge in [-0.05, 0) is 48.0 Å². The zero-order valence-corrected chi connectivity index (χ0v) is 19.0. The highest BCUT2D eigenvalue weighted by Gasteiger charge is 2.41. The number of hydroxylamine groups is 1. The second-order valence-corrected chi connectivity index (χ2v) is 9.39. The number of pyridine rings is 1. The molecule has 10 nitrogen and oxygen atoms in total. The van der Waals surface area contributed by atoms with E-state index in [2.05, 4.69) is 4.98 Å². The van der Waals surface area contributed by atoms with E-state index in [0.29, 0.717) is 22.6 Å². The molecule has 2 heterocycles. The fraction of sp³-hybridized carbons (Fsp3) is 0.174. The molecule has 2 N–H and O–H groups in total. The van der Waals surface area contributed by atoms with Crippen LogP contribution < -0.4 is 15.1 Å². The number of amides is 2. The number of sulfonamides is 1. The Kier molecular flexibility index (Phi) is 6.59. The largest absolute Gasteiger partial charge is 0.497 e. The van der Waals surface area contributed by atoms with Gasteiger partial charge in [-0.25, -0.2) is 13.9 Å². The molecule has 3 aromatic rings. The standard InChI is InChI=1S/C23H22N4O6S/c1-33-18-6-8-19(9-7-18)34(31,32)27-14-17-4-2-3-5-20(17)26(15-21(27)22(28)25-30)23(29)16-10-12-24-13-11-16/h2-13,21,30H,14-15H2,1H3,(H,25,28). The number of methoxy groups -OCH3 is 1. The minimum atomic E-state index is -4.21. The van der Waals surface area contributed by atoms with Crippen molar-refractivity contribution in [2.45, 2.75) is 17.5 Å². The van der Waals surface area contributed by atoms with Crippen LogP contribution in [-0.2, 0) is 21.4 Å². The Labute approximate surface area is 196 Å². The smallest absolute Gasteiger partial charge is 0.263 e. The van der Waals surface area contributed by atoms with E-state index in [9.17, 15) is 23.2 Å². The summed E-state index contributed by atoms with van der Waals surface area (Å²) in [4.78, 5) is 31.3. The molecule has 0 bridgehead atoms. The van der Waals surface area contributed by atoms with E-state index in [1.807, 2.05) is 0 Å². The number of rotatable bonds is 5. The number of carbonyl (C=O) groups is 2. The van der Waals surface area contributed by atoms with Gasteiger partial charge in [0.05, 0.1) is 18.6 Å². The number of hydrogen-bond acceptors (Lipinski definition) is 7. The van der Waals surface area contributed by atoms with Gasteiger partial charge in [-0.1, -0.05) is 18.2 Å². The first kappa shape index (κ1) is 23.4. The van der Waals surface area contributed by atoms with E-state index < -0.39 is 27.9 Å². The van der Waals surface area contributed by atoms with Crippen LogP contribution in [0.4, 0.5) is 5.69 Å². The van der Waals surface area contributed by atoms with Crippen LogP contribution >= 0.6 is 0 Å². The molecule has 0 radical (unpaired) electrons. The van der Waals surface area contributed by atoms with E-state index in [1.54, 1.807) is 29.7 Å². The van der Waals surface area contributed by atoms with Crippen LogP contribution in [-0.4, -0.2) is 54.4 Å². The molecule has 1 aromatic heterocycles. The van der Waals surface area contributed by atoms with E-state index >= 15 is 0 Å². The zero-order chi connectivity index (χ0) is 24.3. The van der Waals surface area contributed by atoms with Gasteiger partial charge in [0.1, 0.15) is 11.8 Å². The molecule has 0 saturated heterocycles. The van der Waals surface area contributed by atoms with Crippen molar-refractivity contribution in [2.24, 2.45) is 0 Å². The van der Waals surface area contributed by atoms with Crippen molar-refractivity contribution in [1.29, 1.82) is 0 Å². The molecular weight excluding hydrogens is 460 g/mol. The molecule has 0 spiro atoms. The highest BCUT2D eigenvalue weighted by Crippen LogP contribution is 2.32. The maximum absolute atomic E-state index is 13.6. The predicted molar refractivity (Wildman–Crippen MR) is 122 cm³/mol. The Morgan fingerprint density at radius 3 is 2.38 bits per heavy atom. The number of ether oxygens (including phenoxy) is 1. The first-order chi connectivity index (χ1) is 16.4. The van der Waals surface area contributed by atoms with E-state index in [1.165, 1.54) is 60.8 Å². The van der Waals surface area contributed by atoms with Crippen molar-refractivity contribution in [1.82, 2.24) is 14.8 Å². The van der Waals surface area contributed by atoms with Gasteiger partial charge in [0.25, 0.3) is 11.8 Å². The molecule has 11 heteroatoms. The van der Waals surface area contributed by atoms with Crippen LogP contribution in [0, 0.1) is 0 Å². The van der Waals surface area contributed by atoms with Gasteiger partial charge in [-0.15, -0.1) is 0 Å². The summed E-state index contributed by atoms with van der Waals surface area (Å²) in [5, 5.41) is 9.41. The van der Waals surface area contributed by atoms with Gasteiger partial charge in [-0.2, -0.15) is 4.31 Å². The second kappa shape index (κ2) is 9.59. The number of fused-ring (bicyclic) bond motifs is 1. The summed E-state index contributed by atoms with van der Waals surface area (Å²) >= 11 is 0. The van der Waals surface area contributed by atoms with Gasteiger partial charge in [0.15, 0.2) is 0 Å². The average molecular weight is 483 g/mol. The van der Waals surface area contributed by atoms with Crippen LogP contribution in [0.2, 0.25) is 0 Å². The maximum Gasteiger partial charge on any atom is 0.263 e. The summed E-state index contributed by atoms with van der Waals surface area (Å²) < 4.78 is 33.4. The van der Waals surface area contributed by atoms with Crippen molar-refractivity contribution in [2.75, 3.05) is 18.6 Å². The molecule has 2 aromatic carbocycles. The molecule has 1 unspecified atom stereocenters. The Morgan fingerprint density at radius 2 is 1.74 bits per heavy atom. The second-order valence-electron chi connectivity index (χ2n) is 7.50. The SMILES string of the molecule is COc1ccc(S(=O)(=O)N2Cc3ccccc3N(C(=O)c3ccncc3)CC2C(=O)NO)cc1. The van der Waals surface area contributed by atoms with Gasteiger partial charge in [0.2, 0.25) is 10.0 Å². The molecule has 34 heavy (non-hydrogen) atoms. The Balaban J connectivity index is 1.83. The lowest BCUT2D eigenvalue weighted by molar-refractivity contribution is -0.133. The fourth-order valence-electron chi connectivity index (χ4n) is 3.81. The Bertz CT molecular complexity index is 1300. The summed E-state index contributed by atoms with van der Waals surface area (Å²) in [6.45, 7) is -0.511. The quantitative estimate of drug-likeness (QED) is 0.419. The van der Waals surface area contributed by atoms with E-state index in [0.717, 1.165) is 4.31 Å². The van der Waals surface area contributed by atoms with Crippen LogP contribution in [0.25, 0.3) is 0 Å². The Morgan fingerprint density at radius 1 is 1.06 bits per heavy atom. The third-order valence-corrected chi connectivity index (χ3v) is 7.43. The lowest BCUT2D eigenvalue weighted by Crippen LogP contribution is -2.53. The topological polar surface area (TPSA) is 129 Å². The van der Waals surface area contributed by atoms with Crippen molar-refractivity contribution >= 4 is 27.5 Å². The lowest BCUT2D eigenvalue weighted by Gasteiger charge is -2.29.